The summed E-state index contributed by atoms with van der Waals surface area (Å²) in [4.78, 5) is 23.4. The van der Waals surface area contributed by atoms with Crippen molar-refractivity contribution in [1.82, 2.24) is 9.97 Å². The molecular formula is C18H21ClN4O. The standard InChI is InChI=1S/C18H21ClN4O/c1-2-16-8-3-4-9-23(16)18-20-11-13(12-21-18)17(24)22-15-7-5-6-14(19)10-15/h5-7,10-12,16H,2-4,8-9H2,1H3,(H,22,24). The number of rotatable bonds is 4. The van der Waals surface area contributed by atoms with Crippen LogP contribution in [-0.2, 0) is 0 Å². The van der Waals surface area contributed by atoms with E-state index >= 15 is 0 Å². The molecule has 1 N–H and O–H groups in total. The summed E-state index contributed by atoms with van der Waals surface area (Å²) in [6, 6.07) is 7.54. The quantitative estimate of drug-likeness (QED) is 0.905. The van der Waals surface area contributed by atoms with E-state index in [1.165, 1.54) is 12.8 Å². The van der Waals surface area contributed by atoms with E-state index in [0.717, 1.165) is 19.4 Å². The molecule has 1 atom stereocenters. The molecule has 126 valence electrons. The minimum absolute atomic E-state index is 0.241. The Labute approximate surface area is 147 Å². The van der Waals surface area contributed by atoms with Gasteiger partial charge >= 0.3 is 0 Å². The number of amides is 1. The van der Waals surface area contributed by atoms with E-state index in [4.69, 9.17) is 11.6 Å². The van der Waals surface area contributed by atoms with Crippen LogP contribution in [0.3, 0.4) is 0 Å². The van der Waals surface area contributed by atoms with Crippen LogP contribution in [0.1, 0.15) is 43.0 Å². The molecule has 1 saturated heterocycles. The molecule has 1 fully saturated rings. The Balaban J connectivity index is 1.70. The van der Waals surface area contributed by atoms with E-state index in [2.05, 4.69) is 27.1 Å². The number of aromatic nitrogens is 2. The molecule has 0 aliphatic carbocycles. The van der Waals surface area contributed by atoms with Gasteiger partial charge in [-0.15, -0.1) is 0 Å². The molecule has 0 saturated carbocycles. The highest BCUT2D eigenvalue weighted by Crippen LogP contribution is 2.23. The van der Waals surface area contributed by atoms with E-state index in [1.54, 1.807) is 36.7 Å². The van der Waals surface area contributed by atoms with E-state index < -0.39 is 0 Å². The lowest BCUT2D eigenvalue weighted by atomic mass is 10.0. The fourth-order valence-corrected chi connectivity index (χ4v) is 3.23. The Kier molecular flexibility index (Phi) is 5.30. The smallest absolute Gasteiger partial charge is 0.258 e. The highest BCUT2D eigenvalue weighted by atomic mass is 35.5. The largest absolute Gasteiger partial charge is 0.338 e. The topological polar surface area (TPSA) is 58.1 Å². The molecule has 1 aliphatic rings. The first-order valence-corrected chi connectivity index (χ1v) is 8.71. The maximum atomic E-state index is 12.3. The molecule has 3 rings (SSSR count). The third-order valence-corrected chi connectivity index (χ3v) is 4.57. The average Bonchev–Trinajstić information content (AvgIpc) is 2.62. The Morgan fingerprint density at radius 2 is 2.12 bits per heavy atom. The van der Waals surface area contributed by atoms with Crippen LogP contribution in [0.15, 0.2) is 36.7 Å². The summed E-state index contributed by atoms with van der Waals surface area (Å²) in [5, 5.41) is 3.38. The van der Waals surface area contributed by atoms with Crippen molar-refractivity contribution in [2.45, 2.75) is 38.6 Å². The average molecular weight is 345 g/mol. The van der Waals surface area contributed by atoms with Gasteiger partial charge in [-0.1, -0.05) is 24.6 Å². The first-order chi connectivity index (χ1) is 11.7. The van der Waals surface area contributed by atoms with Gasteiger partial charge in [-0.3, -0.25) is 4.79 Å². The molecule has 1 aromatic heterocycles. The maximum Gasteiger partial charge on any atom is 0.258 e. The summed E-state index contributed by atoms with van der Waals surface area (Å²) in [6.07, 6.45) is 7.86. The van der Waals surface area contributed by atoms with Crippen molar-refractivity contribution in [3.63, 3.8) is 0 Å². The van der Waals surface area contributed by atoms with Gasteiger partial charge in [0.15, 0.2) is 0 Å². The molecule has 0 bridgehead atoms. The maximum absolute atomic E-state index is 12.3. The second-order valence-electron chi connectivity index (χ2n) is 5.99. The Bertz CT molecular complexity index is 704. The second-order valence-corrected chi connectivity index (χ2v) is 6.42. The number of carbonyl (C=O) groups excluding carboxylic acids is 1. The van der Waals surface area contributed by atoms with Crippen molar-refractivity contribution < 1.29 is 4.79 Å². The Hall–Kier alpha value is -2.14. The fourth-order valence-electron chi connectivity index (χ4n) is 3.04. The van der Waals surface area contributed by atoms with E-state index in [1.807, 2.05) is 0 Å². The number of benzene rings is 1. The van der Waals surface area contributed by atoms with Gasteiger partial charge in [0, 0.05) is 35.7 Å². The molecule has 5 nitrogen and oxygen atoms in total. The van der Waals surface area contributed by atoms with Gasteiger partial charge < -0.3 is 10.2 Å². The van der Waals surface area contributed by atoms with Crippen molar-refractivity contribution in [2.75, 3.05) is 16.8 Å². The summed E-state index contributed by atoms with van der Waals surface area (Å²) < 4.78 is 0. The van der Waals surface area contributed by atoms with Gasteiger partial charge in [-0.25, -0.2) is 9.97 Å². The molecule has 2 heterocycles. The van der Waals surface area contributed by atoms with Crippen LogP contribution in [0.5, 0.6) is 0 Å². The molecule has 1 aromatic carbocycles. The molecule has 1 aliphatic heterocycles. The van der Waals surface area contributed by atoms with Crippen LogP contribution < -0.4 is 10.2 Å². The number of nitrogens with zero attached hydrogens (tertiary/aromatic N) is 3. The Morgan fingerprint density at radius 3 is 2.83 bits per heavy atom. The molecule has 24 heavy (non-hydrogen) atoms. The van der Waals surface area contributed by atoms with Gasteiger partial charge in [0.05, 0.1) is 5.56 Å². The van der Waals surface area contributed by atoms with E-state index in [0.29, 0.717) is 28.3 Å². The third-order valence-electron chi connectivity index (χ3n) is 4.34. The molecule has 0 spiro atoms. The number of hydrogen-bond donors (Lipinski definition) is 1. The van der Waals surface area contributed by atoms with Crippen molar-refractivity contribution in [1.29, 1.82) is 0 Å². The first-order valence-electron chi connectivity index (χ1n) is 8.33. The van der Waals surface area contributed by atoms with Crippen LogP contribution in [-0.4, -0.2) is 28.5 Å². The predicted molar refractivity (Wildman–Crippen MR) is 96.7 cm³/mol. The van der Waals surface area contributed by atoms with Gasteiger partial charge in [-0.2, -0.15) is 0 Å². The number of halogens is 1. The zero-order valence-corrected chi connectivity index (χ0v) is 14.5. The van der Waals surface area contributed by atoms with Crippen molar-refractivity contribution >= 4 is 29.1 Å². The van der Waals surface area contributed by atoms with Gasteiger partial charge in [-0.05, 0) is 43.9 Å². The van der Waals surface area contributed by atoms with Gasteiger partial charge in [0.2, 0.25) is 5.95 Å². The van der Waals surface area contributed by atoms with Gasteiger partial charge in [0.1, 0.15) is 0 Å². The number of hydrogen-bond acceptors (Lipinski definition) is 4. The lowest BCUT2D eigenvalue weighted by Crippen LogP contribution is -2.40. The minimum Gasteiger partial charge on any atom is -0.338 e. The number of anilines is 2. The summed E-state index contributed by atoms with van der Waals surface area (Å²) >= 11 is 5.93. The summed E-state index contributed by atoms with van der Waals surface area (Å²) in [7, 11) is 0. The number of nitrogens with one attached hydrogen (secondary N) is 1. The summed E-state index contributed by atoms with van der Waals surface area (Å²) in [5.41, 5.74) is 1.09. The number of piperidine rings is 1. The third kappa shape index (κ3) is 3.85. The van der Waals surface area contributed by atoms with E-state index in [-0.39, 0.29) is 5.91 Å². The molecule has 6 heteroatoms. The monoisotopic (exact) mass is 344 g/mol. The van der Waals surface area contributed by atoms with Crippen LogP contribution in [0.2, 0.25) is 5.02 Å². The van der Waals surface area contributed by atoms with Crippen LogP contribution in [0, 0.1) is 0 Å². The first kappa shape index (κ1) is 16.7. The predicted octanol–water partition coefficient (Wildman–Crippen LogP) is 4.15. The second kappa shape index (κ2) is 7.62. The summed E-state index contributed by atoms with van der Waals surface area (Å²) in [6.45, 7) is 3.17. The molecule has 1 unspecified atom stereocenters. The Morgan fingerprint density at radius 1 is 1.33 bits per heavy atom. The van der Waals surface area contributed by atoms with Crippen molar-refractivity contribution in [2.24, 2.45) is 0 Å². The molecule has 2 aromatic rings. The van der Waals surface area contributed by atoms with Crippen LogP contribution in [0.4, 0.5) is 11.6 Å². The highest BCUT2D eigenvalue weighted by molar-refractivity contribution is 6.30. The molecule has 0 radical (unpaired) electrons. The molecule has 1 amide bonds. The zero-order valence-electron chi connectivity index (χ0n) is 13.7. The normalized spacial score (nSPS) is 17.6. The summed E-state index contributed by atoms with van der Waals surface area (Å²) in [5.74, 6) is 0.468. The SMILES string of the molecule is CCC1CCCCN1c1ncc(C(=O)Nc2cccc(Cl)c2)cn1. The van der Waals surface area contributed by atoms with Crippen LogP contribution in [0.25, 0.3) is 0 Å². The van der Waals surface area contributed by atoms with E-state index in [9.17, 15) is 4.79 Å². The van der Waals surface area contributed by atoms with Crippen molar-refractivity contribution in [3.8, 4) is 0 Å². The zero-order chi connectivity index (χ0) is 16.9. The van der Waals surface area contributed by atoms with Crippen LogP contribution >= 0.6 is 11.6 Å². The molecular weight excluding hydrogens is 324 g/mol. The minimum atomic E-state index is -0.241. The fraction of sp³-hybridized carbons (Fsp3) is 0.389. The number of carbonyl (C=O) groups is 1. The highest BCUT2D eigenvalue weighted by Gasteiger charge is 2.23. The lowest BCUT2D eigenvalue weighted by molar-refractivity contribution is 0.102. The van der Waals surface area contributed by atoms with Gasteiger partial charge in [0.25, 0.3) is 5.91 Å². The van der Waals surface area contributed by atoms with Crippen molar-refractivity contribution in [3.05, 3.63) is 47.2 Å². The lowest BCUT2D eigenvalue weighted by Gasteiger charge is -2.35.